The number of nitriles is 1. The molecule has 6 nitrogen and oxygen atoms in total. The molecule has 0 aliphatic heterocycles. The first-order chi connectivity index (χ1) is 9.56. The molecule has 20 heavy (non-hydrogen) atoms. The minimum atomic E-state index is -1.18. The molecule has 0 spiro atoms. The monoisotopic (exact) mass is 334 g/mol. The summed E-state index contributed by atoms with van der Waals surface area (Å²) in [6.07, 6.45) is 1.39. The number of halogens is 1. The lowest BCUT2D eigenvalue weighted by Gasteiger charge is -2.07. The van der Waals surface area contributed by atoms with E-state index in [0.29, 0.717) is 23.5 Å². The average Bonchev–Trinajstić information content (AvgIpc) is 2.83. The van der Waals surface area contributed by atoms with Crippen molar-refractivity contribution in [3.8, 4) is 11.8 Å². The Labute approximate surface area is 123 Å². The van der Waals surface area contributed by atoms with Crippen molar-refractivity contribution in [2.75, 3.05) is 0 Å². The molecule has 0 unspecified atom stereocenters. The highest BCUT2D eigenvalue weighted by molar-refractivity contribution is 9.10. The Morgan fingerprint density at radius 2 is 2.30 bits per heavy atom. The number of benzene rings is 1. The average molecular weight is 335 g/mol. The third-order valence-corrected chi connectivity index (χ3v) is 3.14. The van der Waals surface area contributed by atoms with Gasteiger partial charge in [-0.15, -0.1) is 5.10 Å². The molecule has 1 N–H and O–H groups in total. The molecule has 0 aliphatic carbocycles. The zero-order valence-electron chi connectivity index (χ0n) is 10.7. The van der Waals surface area contributed by atoms with E-state index in [2.05, 4.69) is 32.1 Å². The summed E-state index contributed by atoms with van der Waals surface area (Å²) in [5.74, 6) is -0.916. The van der Waals surface area contributed by atoms with Crippen LogP contribution in [0.2, 0.25) is 0 Å². The van der Waals surface area contributed by atoms with Gasteiger partial charge in [0.15, 0.2) is 0 Å². The lowest BCUT2D eigenvalue weighted by Crippen LogP contribution is -2.06. The lowest BCUT2D eigenvalue weighted by molar-refractivity contribution is 0.0683. The number of carboxylic acids is 1. The molecular formula is C13H11BrN4O2. The maximum atomic E-state index is 11.0. The Bertz CT molecular complexity index is 703. The number of carbonyl (C=O) groups is 1. The van der Waals surface area contributed by atoms with E-state index in [1.165, 1.54) is 4.68 Å². The van der Waals surface area contributed by atoms with Crippen molar-refractivity contribution in [3.63, 3.8) is 0 Å². The van der Waals surface area contributed by atoms with E-state index < -0.39 is 5.97 Å². The zero-order chi connectivity index (χ0) is 14.7. The number of aromatic nitrogens is 3. The SMILES string of the molecule is CCCc1nc(C(=O)O)nn1-c1ccc(Br)cc1C#N. The molecule has 0 saturated heterocycles. The van der Waals surface area contributed by atoms with Crippen LogP contribution in [0.1, 0.15) is 35.4 Å². The number of aromatic carboxylic acids is 1. The molecule has 0 bridgehead atoms. The fourth-order valence-corrected chi connectivity index (χ4v) is 2.16. The third-order valence-electron chi connectivity index (χ3n) is 2.65. The molecule has 0 saturated carbocycles. The number of carboxylic acid groups (broad SMARTS) is 1. The predicted octanol–water partition coefficient (Wildman–Crippen LogP) is 2.55. The first-order valence-electron chi connectivity index (χ1n) is 5.96. The van der Waals surface area contributed by atoms with Crippen LogP contribution in [0.15, 0.2) is 22.7 Å². The first-order valence-corrected chi connectivity index (χ1v) is 6.75. The van der Waals surface area contributed by atoms with Crippen molar-refractivity contribution in [1.82, 2.24) is 14.8 Å². The van der Waals surface area contributed by atoms with Gasteiger partial charge < -0.3 is 5.11 Å². The van der Waals surface area contributed by atoms with Crippen molar-refractivity contribution in [2.24, 2.45) is 0 Å². The van der Waals surface area contributed by atoms with Crippen LogP contribution in [0, 0.1) is 11.3 Å². The van der Waals surface area contributed by atoms with E-state index in [-0.39, 0.29) is 5.82 Å². The van der Waals surface area contributed by atoms with Gasteiger partial charge in [0.05, 0.1) is 11.3 Å². The molecule has 0 aliphatic rings. The van der Waals surface area contributed by atoms with Gasteiger partial charge in [0.2, 0.25) is 0 Å². The Morgan fingerprint density at radius 3 is 2.90 bits per heavy atom. The minimum Gasteiger partial charge on any atom is -0.475 e. The van der Waals surface area contributed by atoms with Gasteiger partial charge in [0, 0.05) is 10.9 Å². The normalized spacial score (nSPS) is 10.2. The molecule has 1 heterocycles. The van der Waals surface area contributed by atoms with Gasteiger partial charge in [-0.2, -0.15) is 5.26 Å². The van der Waals surface area contributed by atoms with Crippen LogP contribution < -0.4 is 0 Å². The maximum absolute atomic E-state index is 11.0. The second-order valence-electron chi connectivity index (χ2n) is 4.09. The van der Waals surface area contributed by atoms with Crippen LogP contribution in [0.25, 0.3) is 5.69 Å². The fourth-order valence-electron chi connectivity index (χ4n) is 1.80. The molecule has 7 heteroatoms. The zero-order valence-corrected chi connectivity index (χ0v) is 12.3. The highest BCUT2D eigenvalue weighted by Crippen LogP contribution is 2.20. The van der Waals surface area contributed by atoms with E-state index in [4.69, 9.17) is 5.11 Å². The lowest BCUT2D eigenvalue weighted by atomic mass is 10.2. The minimum absolute atomic E-state index is 0.264. The van der Waals surface area contributed by atoms with Crippen molar-refractivity contribution in [1.29, 1.82) is 5.26 Å². The van der Waals surface area contributed by atoms with E-state index in [1.54, 1.807) is 18.2 Å². The Kier molecular flexibility index (Phi) is 4.15. The number of nitrogens with zero attached hydrogens (tertiary/aromatic N) is 4. The summed E-state index contributed by atoms with van der Waals surface area (Å²) in [6, 6.07) is 7.22. The number of aryl methyl sites for hydroxylation is 1. The van der Waals surface area contributed by atoms with Crippen molar-refractivity contribution >= 4 is 21.9 Å². The highest BCUT2D eigenvalue weighted by Gasteiger charge is 2.17. The Balaban J connectivity index is 2.62. The summed E-state index contributed by atoms with van der Waals surface area (Å²) in [5, 5.41) is 22.2. The van der Waals surface area contributed by atoms with Crippen LogP contribution >= 0.6 is 15.9 Å². The van der Waals surface area contributed by atoms with Gasteiger partial charge in [-0.05, 0) is 24.6 Å². The van der Waals surface area contributed by atoms with Crippen molar-refractivity contribution in [3.05, 3.63) is 39.9 Å². The quantitative estimate of drug-likeness (QED) is 0.927. The number of hydrogen-bond acceptors (Lipinski definition) is 4. The van der Waals surface area contributed by atoms with Crippen LogP contribution in [0.5, 0.6) is 0 Å². The Hall–Kier alpha value is -2.20. The van der Waals surface area contributed by atoms with Gasteiger partial charge in [0.25, 0.3) is 5.82 Å². The van der Waals surface area contributed by atoms with Gasteiger partial charge in [-0.25, -0.2) is 14.5 Å². The van der Waals surface area contributed by atoms with Crippen LogP contribution in [0.3, 0.4) is 0 Å². The van der Waals surface area contributed by atoms with Crippen LogP contribution in [-0.2, 0) is 6.42 Å². The molecule has 1 aromatic heterocycles. The molecule has 102 valence electrons. The summed E-state index contributed by atoms with van der Waals surface area (Å²) in [5.41, 5.74) is 0.928. The largest absolute Gasteiger partial charge is 0.475 e. The fraction of sp³-hybridized carbons (Fsp3) is 0.231. The van der Waals surface area contributed by atoms with Gasteiger partial charge in [-0.3, -0.25) is 0 Å². The summed E-state index contributed by atoms with van der Waals surface area (Å²) in [6.45, 7) is 1.96. The van der Waals surface area contributed by atoms with Gasteiger partial charge >= 0.3 is 5.97 Å². The summed E-state index contributed by atoms with van der Waals surface area (Å²) in [4.78, 5) is 15.0. The molecule has 0 fully saturated rings. The molecular weight excluding hydrogens is 324 g/mol. The molecule has 0 amide bonds. The van der Waals surface area contributed by atoms with E-state index in [9.17, 15) is 10.1 Å². The summed E-state index contributed by atoms with van der Waals surface area (Å²) in [7, 11) is 0. The Morgan fingerprint density at radius 1 is 1.55 bits per heavy atom. The summed E-state index contributed by atoms with van der Waals surface area (Å²) < 4.78 is 2.20. The van der Waals surface area contributed by atoms with Crippen LogP contribution in [0.4, 0.5) is 0 Å². The van der Waals surface area contributed by atoms with E-state index in [1.807, 2.05) is 6.92 Å². The van der Waals surface area contributed by atoms with E-state index >= 15 is 0 Å². The van der Waals surface area contributed by atoms with Gasteiger partial charge in [-0.1, -0.05) is 22.9 Å². The number of rotatable bonds is 4. The molecule has 0 radical (unpaired) electrons. The predicted molar refractivity (Wildman–Crippen MR) is 74.7 cm³/mol. The standard InChI is InChI=1S/C13H11BrN4O2/c1-2-3-11-16-12(13(19)20)17-18(11)10-5-4-9(14)6-8(10)7-15/h4-6H,2-3H2,1H3,(H,19,20). The molecule has 2 aromatic rings. The second-order valence-corrected chi connectivity index (χ2v) is 5.01. The van der Waals surface area contributed by atoms with Crippen LogP contribution in [-0.4, -0.2) is 25.8 Å². The summed E-state index contributed by atoms with van der Waals surface area (Å²) >= 11 is 3.30. The molecule has 0 atom stereocenters. The second kappa shape index (κ2) is 5.84. The smallest absolute Gasteiger partial charge is 0.375 e. The van der Waals surface area contributed by atoms with Crippen molar-refractivity contribution in [2.45, 2.75) is 19.8 Å². The highest BCUT2D eigenvalue weighted by atomic mass is 79.9. The van der Waals surface area contributed by atoms with Gasteiger partial charge in [0.1, 0.15) is 11.9 Å². The topological polar surface area (TPSA) is 91.8 Å². The van der Waals surface area contributed by atoms with Crippen molar-refractivity contribution < 1.29 is 9.90 Å². The first kappa shape index (κ1) is 14.2. The van der Waals surface area contributed by atoms with E-state index in [0.717, 1.165) is 10.9 Å². The number of hydrogen-bond donors (Lipinski definition) is 1. The molecule has 1 aromatic carbocycles. The maximum Gasteiger partial charge on any atom is 0.375 e. The third kappa shape index (κ3) is 2.70. The molecule has 2 rings (SSSR count).